The molecule has 2 N–H and O–H groups in total. The minimum atomic E-state index is -1.27. The predicted molar refractivity (Wildman–Crippen MR) is 108 cm³/mol. The van der Waals surface area contributed by atoms with E-state index in [1.54, 1.807) is 32.9 Å². The summed E-state index contributed by atoms with van der Waals surface area (Å²) in [6, 6.07) is 2.41. The van der Waals surface area contributed by atoms with Crippen molar-refractivity contribution in [2.24, 2.45) is 10.4 Å². The quantitative estimate of drug-likeness (QED) is 0.335. The maximum atomic E-state index is 12.8. The van der Waals surface area contributed by atoms with Gasteiger partial charge >= 0.3 is 0 Å². The minimum Gasteiger partial charge on any atom is -0.872 e. The third-order valence-electron chi connectivity index (χ3n) is 3.85. The summed E-state index contributed by atoms with van der Waals surface area (Å²) in [6.07, 6.45) is 6.52. The second kappa shape index (κ2) is 14.2. The van der Waals surface area contributed by atoms with Gasteiger partial charge in [-0.25, -0.2) is 0 Å². The third kappa shape index (κ3) is 10.3. The molecule has 0 fully saturated rings. The Kier molecular flexibility index (Phi) is 15.6. The molecule has 1 aromatic carbocycles. The first-order valence-electron chi connectivity index (χ1n) is 8.88. The number of aliphatic carboxylic acids is 1. The molecule has 7 nitrogen and oxygen atoms in total. The Morgan fingerprint density at radius 3 is 2.17 bits per heavy atom. The molecule has 8 heteroatoms. The number of carbonyl (C=O) groups is 1. The monoisotopic (exact) mass is 457 g/mol. The van der Waals surface area contributed by atoms with Crippen LogP contribution in [-0.4, -0.2) is 37.4 Å². The zero-order valence-corrected chi connectivity index (χ0v) is 20.1. The summed E-state index contributed by atoms with van der Waals surface area (Å²) in [7, 11) is 0.750. The molecule has 0 aliphatic rings. The summed E-state index contributed by atoms with van der Waals surface area (Å²) in [5.41, 5.74) is 0.721. The van der Waals surface area contributed by atoms with E-state index in [0.29, 0.717) is 11.1 Å². The van der Waals surface area contributed by atoms with E-state index in [2.05, 4.69) is 10.9 Å². The van der Waals surface area contributed by atoms with E-state index in [1.165, 1.54) is 6.21 Å². The minimum absolute atomic E-state index is 0. The molecule has 0 aliphatic heterocycles. The SMILES string of the molecule is C#CCOCc1cc(C=N[C@H](C(=O)[O-])C(C)(C)C)c([O-])c(C(C)(C)C)c1.C[O-].O.[V]. The first-order valence-corrected chi connectivity index (χ1v) is 8.88. The fourth-order valence-corrected chi connectivity index (χ4v) is 2.47. The van der Waals surface area contributed by atoms with Crippen LogP contribution < -0.4 is 15.3 Å². The molecule has 1 atom stereocenters. The van der Waals surface area contributed by atoms with Crippen LogP contribution in [0.1, 0.15) is 58.2 Å². The van der Waals surface area contributed by atoms with Crippen LogP contribution in [0.3, 0.4) is 0 Å². The Morgan fingerprint density at radius 1 is 1.23 bits per heavy atom. The standard InChI is InChI=1S/C21H29NO4.CH3O.H2O.V/c1-8-9-26-13-14-10-15(17(23)16(11-14)20(2,3)4)12-22-18(19(24)25)21(5,6)7;1-2;;/h1,10-12,18,23H,9,13H2,2-7H3,(H,24,25);1H3;1H2;/q;-1;;/p-2/t18-;;;/m1.../s1. The van der Waals surface area contributed by atoms with E-state index < -0.39 is 17.4 Å². The first-order chi connectivity index (χ1) is 12.9. The Bertz CT molecular complexity index is 727. The van der Waals surface area contributed by atoms with Crippen molar-refractivity contribution in [2.75, 3.05) is 13.7 Å². The van der Waals surface area contributed by atoms with Crippen molar-refractivity contribution in [1.82, 2.24) is 0 Å². The van der Waals surface area contributed by atoms with Crippen LogP contribution in [0.5, 0.6) is 5.75 Å². The number of aliphatic imine (C=N–C) groups is 1. The number of carboxylic acid groups (broad SMARTS) is 1. The average Bonchev–Trinajstić information content (AvgIpc) is 2.56. The molecular formula is C22H32NO6V-3. The summed E-state index contributed by atoms with van der Waals surface area (Å²) in [5.74, 6) is 0.950. The molecule has 0 aliphatic carbocycles. The van der Waals surface area contributed by atoms with Gasteiger partial charge in [-0.3, -0.25) is 4.99 Å². The Balaban J connectivity index is -0.00000176. The number of hydrogen-bond donors (Lipinski definition) is 0. The molecule has 0 spiro atoms. The van der Waals surface area contributed by atoms with Crippen LogP contribution in [0.15, 0.2) is 17.1 Å². The summed E-state index contributed by atoms with van der Waals surface area (Å²) < 4.78 is 5.36. The van der Waals surface area contributed by atoms with Crippen LogP contribution in [0, 0.1) is 17.8 Å². The van der Waals surface area contributed by atoms with Crippen molar-refractivity contribution in [1.29, 1.82) is 0 Å². The number of terminal acetylenes is 1. The second-order valence-electron chi connectivity index (χ2n) is 8.37. The van der Waals surface area contributed by atoms with Gasteiger partial charge in [0.05, 0.1) is 18.6 Å². The van der Waals surface area contributed by atoms with Gasteiger partial charge in [-0.05, 0) is 33.6 Å². The van der Waals surface area contributed by atoms with E-state index in [9.17, 15) is 15.0 Å². The molecule has 1 radical (unpaired) electrons. The molecule has 0 heterocycles. The van der Waals surface area contributed by atoms with Crippen LogP contribution in [0.25, 0.3) is 0 Å². The maximum Gasteiger partial charge on any atom is 0.107 e. The Morgan fingerprint density at radius 2 is 1.77 bits per heavy atom. The topological polar surface area (TPSA) is 139 Å². The van der Waals surface area contributed by atoms with Gasteiger partial charge in [0, 0.05) is 24.8 Å². The number of hydrogen-bond acceptors (Lipinski definition) is 6. The zero-order chi connectivity index (χ0) is 22.1. The fraction of sp³-hybridized carbons (Fsp3) is 0.545. The molecule has 169 valence electrons. The number of rotatable bonds is 6. The molecule has 0 aromatic heterocycles. The Labute approximate surface area is 191 Å². The summed E-state index contributed by atoms with van der Waals surface area (Å²) in [4.78, 5) is 15.5. The second-order valence-corrected chi connectivity index (χ2v) is 8.37. The molecular weight excluding hydrogens is 425 g/mol. The van der Waals surface area contributed by atoms with Gasteiger partial charge in [-0.2, -0.15) is 7.11 Å². The number of carbonyl (C=O) groups excluding carboxylic acids is 1. The predicted octanol–water partition coefficient (Wildman–Crippen LogP) is -0.0597. The fourth-order valence-electron chi connectivity index (χ4n) is 2.47. The van der Waals surface area contributed by atoms with E-state index >= 15 is 0 Å². The van der Waals surface area contributed by atoms with E-state index in [-0.39, 0.29) is 48.4 Å². The van der Waals surface area contributed by atoms with Crippen LogP contribution in [-0.2, 0) is 40.1 Å². The van der Waals surface area contributed by atoms with Crippen LogP contribution in [0.2, 0.25) is 0 Å². The van der Waals surface area contributed by atoms with Crippen molar-refractivity contribution < 1.29 is 48.9 Å². The molecule has 0 amide bonds. The van der Waals surface area contributed by atoms with Gasteiger partial charge in [-0.1, -0.05) is 59.3 Å². The largest absolute Gasteiger partial charge is 0.872 e. The molecule has 0 bridgehead atoms. The normalized spacial score (nSPS) is 12.0. The van der Waals surface area contributed by atoms with Crippen molar-refractivity contribution in [3.8, 4) is 18.1 Å². The van der Waals surface area contributed by atoms with Gasteiger partial charge in [0.1, 0.15) is 6.61 Å². The summed E-state index contributed by atoms with van der Waals surface area (Å²) in [5, 5.41) is 32.4. The van der Waals surface area contributed by atoms with E-state index in [4.69, 9.17) is 16.3 Å². The maximum absolute atomic E-state index is 12.8. The van der Waals surface area contributed by atoms with Gasteiger partial charge < -0.3 is 30.3 Å². The first kappa shape index (κ1) is 32.8. The van der Waals surface area contributed by atoms with Crippen LogP contribution in [0.4, 0.5) is 0 Å². The van der Waals surface area contributed by atoms with Gasteiger partial charge in [0.15, 0.2) is 0 Å². The molecule has 0 unspecified atom stereocenters. The summed E-state index contributed by atoms with van der Waals surface area (Å²) in [6.45, 7) is 11.5. The van der Waals surface area contributed by atoms with Gasteiger partial charge in [-0.15, -0.1) is 6.42 Å². The zero-order valence-electron chi connectivity index (χ0n) is 18.7. The molecule has 30 heavy (non-hydrogen) atoms. The third-order valence-corrected chi connectivity index (χ3v) is 3.85. The number of nitrogens with zero attached hydrogens (tertiary/aromatic N) is 1. The molecule has 0 saturated heterocycles. The number of benzene rings is 1. The smallest absolute Gasteiger partial charge is 0.107 e. The molecule has 1 rings (SSSR count). The summed E-state index contributed by atoms with van der Waals surface area (Å²) >= 11 is 0. The molecule has 1 aromatic rings. The van der Waals surface area contributed by atoms with Gasteiger partial charge in [0.25, 0.3) is 0 Å². The van der Waals surface area contributed by atoms with Gasteiger partial charge in [0.2, 0.25) is 0 Å². The van der Waals surface area contributed by atoms with E-state index in [1.807, 2.05) is 20.8 Å². The average molecular weight is 457 g/mol. The Hall–Kier alpha value is -1.82. The van der Waals surface area contributed by atoms with Crippen molar-refractivity contribution in [3.63, 3.8) is 0 Å². The van der Waals surface area contributed by atoms with Crippen molar-refractivity contribution in [2.45, 2.75) is 59.6 Å². The number of carboxylic acids is 1. The van der Waals surface area contributed by atoms with Crippen molar-refractivity contribution >= 4 is 12.2 Å². The van der Waals surface area contributed by atoms with E-state index in [0.717, 1.165) is 12.7 Å². The van der Waals surface area contributed by atoms with Crippen LogP contribution >= 0.6 is 0 Å². The van der Waals surface area contributed by atoms with Crippen molar-refractivity contribution in [3.05, 3.63) is 28.8 Å². The number of ether oxygens (including phenoxy) is 1. The molecule has 0 saturated carbocycles.